The van der Waals surface area contributed by atoms with Gasteiger partial charge in [0.1, 0.15) is 0 Å². The van der Waals surface area contributed by atoms with Crippen LogP contribution >= 0.6 is 0 Å². The molecule has 1 aromatic rings. The van der Waals surface area contributed by atoms with Crippen LogP contribution in [-0.4, -0.2) is 29.5 Å². The van der Waals surface area contributed by atoms with Gasteiger partial charge in [-0.15, -0.1) is 0 Å². The van der Waals surface area contributed by atoms with Gasteiger partial charge in [0, 0.05) is 13.2 Å². The monoisotopic (exact) mass is 304 g/mol. The Balaban J connectivity index is 2.19. The summed E-state index contributed by atoms with van der Waals surface area (Å²) in [6.07, 6.45) is 1.61. The predicted molar refractivity (Wildman–Crippen MR) is 76.2 cm³/mol. The zero-order valence-corrected chi connectivity index (χ0v) is 13.4. The first kappa shape index (κ1) is 17.2. The van der Waals surface area contributed by atoms with E-state index in [1.54, 1.807) is 6.07 Å². The minimum Gasteiger partial charge on any atom is -0.379 e. The molecule has 0 saturated carbocycles. The summed E-state index contributed by atoms with van der Waals surface area (Å²) in [4.78, 5) is 0. The highest BCUT2D eigenvalue weighted by atomic mass is 28.2. The molecule has 1 aromatic carbocycles. The molecule has 0 heterocycles. The first-order valence-electron chi connectivity index (χ1n) is 6.96. The summed E-state index contributed by atoms with van der Waals surface area (Å²) in [5.41, 5.74) is 0.809. The summed E-state index contributed by atoms with van der Waals surface area (Å²) in [7, 11) is -0.728. The highest BCUT2D eigenvalue weighted by molar-refractivity contribution is 6.27. The Labute approximate surface area is 121 Å². The number of rotatable bonds is 10. The van der Waals surface area contributed by atoms with Crippen LogP contribution in [0, 0.1) is 11.6 Å². The quantitative estimate of drug-likeness (QED) is 0.378. The van der Waals surface area contributed by atoms with E-state index < -0.39 is 27.9 Å². The van der Waals surface area contributed by atoms with Gasteiger partial charge < -0.3 is 13.9 Å². The number of aryl methyl sites for hydroxylation is 1. The molecule has 0 fully saturated rings. The Kier molecular flexibility index (Phi) is 8.60. The molecule has 0 atom stereocenters. The normalized spacial score (nSPS) is 11.8. The van der Waals surface area contributed by atoms with Crippen molar-refractivity contribution in [2.75, 3.05) is 13.2 Å². The lowest BCUT2D eigenvalue weighted by molar-refractivity contribution is -0.243. The SMILES string of the molecule is CCOC(OCC)O[SiH2]CCCc1ccc(F)c(F)c1. The Morgan fingerprint density at radius 1 is 1.10 bits per heavy atom. The van der Waals surface area contributed by atoms with Crippen LogP contribution in [0.3, 0.4) is 0 Å². The molecule has 1 rings (SSSR count). The van der Waals surface area contributed by atoms with Crippen LogP contribution in [0.4, 0.5) is 8.78 Å². The zero-order valence-electron chi connectivity index (χ0n) is 12.0. The van der Waals surface area contributed by atoms with Gasteiger partial charge in [0.15, 0.2) is 21.4 Å². The van der Waals surface area contributed by atoms with Gasteiger partial charge in [-0.2, -0.15) is 0 Å². The van der Waals surface area contributed by atoms with E-state index in [-0.39, 0.29) is 0 Å². The summed E-state index contributed by atoms with van der Waals surface area (Å²) < 4.78 is 41.9. The Morgan fingerprint density at radius 2 is 1.80 bits per heavy atom. The first-order valence-corrected chi connectivity index (χ1v) is 8.53. The molecule has 0 spiro atoms. The van der Waals surface area contributed by atoms with E-state index in [9.17, 15) is 8.78 Å². The van der Waals surface area contributed by atoms with E-state index in [0.717, 1.165) is 24.4 Å². The standard InChI is InChI=1S/C14H22F2O3Si/c1-3-17-14(18-4-2)19-20-9-5-6-11-7-8-12(15)13(16)10-11/h7-8,10,14H,3-6,9,20H2,1-2H3. The molecule has 0 bridgehead atoms. The number of benzene rings is 1. The average Bonchev–Trinajstić information content (AvgIpc) is 2.43. The molecule has 0 aliphatic rings. The Hall–Kier alpha value is -0.823. The highest BCUT2D eigenvalue weighted by Crippen LogP contribution is 2.11. The van der Waals surface area contributed by atoms with E-state index in [0.29, 0.717) is 13.2 Å². The van der Waals surface area contributed by atoms with Gasteiger partial charge >= 0.3 is 0 Å². The van der Waals surface area contributed by atoms with Crippen LogP contribution in [0.2, 0.25) is 6.04 Å². The maximum Gasteiger partial charge on any atom is 0.261 e. The Bertz CT molecular complexity index is 385. The second-order valence-electron chi connectivity index (χ2n) is 4.28. The molecule has 0 radical (unpaired) electrons. The lowest BCUT2D eigenvalue weighted by Gasteiger charge is -2.17. The summed E-state index contributed by atoms with van der Waals surface area (Å²) in [6.45, 7) is 4.32. The number of hydrogen-bond donors (Lipinski definition) is 0. The minimum atomic E-state index is -0.803. The molecule has 0 saturated heterocycles. The summed E-state index contributed by atoms with van der Waals surface area (Å²) in [5.74, 6) is -1.59. The fourth-order valence-electron chi connectivity index (χ4n) is 1.72. The summed E-state index contributed by atoms with van der Waals surface area (Å²) in [5, 5.41) is 0. The number of hydrogen-bond acceptors (Lipinski definition) is 3. The van der Waals surface area contributed by atoms with Gasteiger partial charge in [-0.1, -0.05) is 12.5 Å². The van der Waals surface area contributed by atoms with Gasteiger partial charge in [-0.05, 0) is 44.0 Å². The van der Waals surface area contributed by atoms with Crippen LogP contribution < -0.4 is 0 Å². The van der Waals surface area contributed by atoms with Crippen molar-refractivity contribution in [3.05, 3.63) is 35.4 Å². The second kappa shape index (κ2) is 9.98. The average molecular weight is 304 g/mol. The van der Waals surface area contributed by atoms with Gasteiger partial charge in [0.05, 0.1) is 0 Å². The number of halogens is 2. The van der Waals surface area contributed by atoms with Crippen LogP contribution in [0.1, 0.15) is 25.8 Å². The maximum absolute atomic E-state index is 13.0. The van der Waals surface area contributed by atoms with Crippen molar-refractivity contribution in [1.82, 2.24) is 0 Å². The van der Waals surface area contributed by atoms with Crippen LogP contribution in [0.25, 0.3) is 0 Å². The summed E-state index contributed by atoms with van der Waals surface area (Å²) in [6, 6.07) is 4.97. The molecule has 0 unspecified atom stereocenters. The largest absolute Gasteiger partial charge is 0.379 e. The smallest absolute Gasteiger partial charge is 0.261 e. The van der Waals surface area contributed by atoms with Crippen molar-refractivity contribution in [3.63, 3.8) is 0 Å². The lowest BCUT2D eigenvalue weighted by Crippen LogP contribution is -2.23. The zero-order chi connectivity index (χ0) is 14.8. The van der Waals surface area contributed by atoms with E-state index in [1.165, 1.54) is 12.1 Å². The van der Waals surface area contributed by atoms with Crippen molar-refractivity contribution in [2.24, 2.45) is 0 Å². The van der Waals surface area contributed by atoms with Crippen LogP contribution in [0.5, 0.6) is 0 Å². The second-order valence-corrected chi connectivity index (χ2v) is 5.72. The maximum atomic E-state index is 13.0. The molecule has 114 valence electrons. The highest BCUT2D eigenvalue weighted by Gasteiger charge is 2.07. The van der Waals surface area contributed by atoms with Gasteiger partial charge in [0.2, 0.25) is 0 Å². The van der Waals surface area contributed by atoms with Crippen molar-refractivity contribution in [1.29, 1.82) is 0 Å². The topological polar surface area (TPSA) is 27.7 Å². The molecule has 0 aliphatic carbocycles. The molecular weight excluding hydrogens is 282 g/mol. The van der Waals surface area contributed by atoms with E-state index in [4.69, 9.17) is 13.9 Å². The minimum absolute atomic E-state index is 0.550. The van der Waals surface area contributed by atoms with E-state index in [2.05, 4.69) is 0 Å². The molecular formula is C14H22F2O3Si. The van der Waals surface area contributed by atoms with E-state index in [1.807, 2.05) is 13.8 Å². The molecule has 0 N–H and O–H groups in total. The molecule has 0 amide bonds. The fraction of sp³-hybridized carbons (Fsp3) is 0.571. The predicted octanol–water partition coefficient (Wildman–Crippen LogP) is 2.77. The lowest BCUT2D eigenvalue weighted by atomic mass is 10.1. The third-order valence-electron chi connectivity index (χ3n) is 2.70. The summed E-state index contributed by atoms with van der Waals surface area (Å²) >= 11 is 0. The van der Waals surface area contributed by atoms with Gasteiger partial charge in [0.25, 0.3) is 6.48 Å². The van der Waals surface area contributed by atoms with Crippen molar-refractivity contribution >= 4 is 9.76 Å². The third-order valence-corrected chi connectivity index (χ3v) is 4.00. The first-order chi connectivity index (χ1) is 9.67. The van der Waals surface area contributed by atoms with Gasteiger partial charge in [-0.25, -0.2) is 8.78 Å². The van der Waals surface area contributed by atoms with Crippen molar-refractivity contribution < 1.29 is 22.7 Å². The molecule has 20 heavy (non-hydrogen) atoms. The fourth-order valence-corrected chi connectivity index (χ4v) is 2.73. The molecule has 3 nitrogen and oxygen atoms in total. The molecule has 0 aliphatic heterocycles. The van der Waals surface area contributed by atoms with Crippen molar-refractivity contribution in [2.45, 2.75) is 39.2 Å². The van der Waals surface area contributed by atoms with Crippen molar-refractivity contribution in [3.8, 4) is 0 Å². The van der Waals surface area contributed by atoms with Crippen LogP contribution in [0.15, 0.2) is 18.2 Å². The molecule has 6 heteroatoms. The molecule has 0 aromatic heterocycles. The Morgan fingerprint density at radius 3 is 2.40 bits per heavy atom. The third kappa shape index (κ3) is 6.56. The number of ether oxygens (including phenoxy) is 2. The van der Waals surface area contributed by atoms with Gasteiger partial charge in [-0.3, -0.25) is 0 Å². The van der Waals surface area contributed by atoms with Crippen LogP contribution in [-0.2, 0) is 20.3 Å². The van der Waals surface area contributed by atoms with E-state index >= 15 is 0 Å².